The van der Waals surface area contributed by atoms with Crippen molar-refractivity contribution in [2.75, 3.05) is 119 Å². The molecule has 16 atom stereocenters. The van der Waals surface area contributed by atoms with Crippen LogP contribution in [0.15, 0.2) is 0 Å². The summed E-state index contributed by atoms with van der Waals surface area (Å²) in [7, 11) is 1.23. The Labute approximate surface area is 516 Å². The molecule has 0 aromatic heterocycles. The van der Waals surface area contributed by atoms with Crippen molar-refractivity contribution in [3.63, 3.8) is 0 Å². The lowest BCUT2D eigenvalue weighted by atomic mass is 9.88. The number of ketones is 1. The number of aliphatic hydroxyl groups is 9. The minimum absolute atomic E-state index is 0.00142. The van der Waals surface area contributed by atoms with E-state index in [9.17, 15) is 84.3 Å². The third kappa shape index (κ3) is 29.1. The zero-order chi connectivity index (χ0) is 65.8. The van der Waals surface area contributed by atoms with E-state index in [2.05, 4.69) is 42.5 Å². The highest BCUT2D eigenvalue weighted by molar-refractivity contribution is 5.90. The van der Waals surface area contributed by atoms with Crippen LogP contribution in [0.2, 0.25) is 0 Å². The highest BCUT2D eigenvalue weighted by Gasteiger charge is 2.46. The van der Waals surface area contributed by atoms with E-state index in [0.29, 0.717) is 12.8 Å². The highest BCUT2D eigenvalue weighted by Crippen LogP contribution is 2.25. The molecule has 0 aromatic rings. The molecular weight excluding hydrogens is 1190 g/mol. The maximum atomic E-state index is 13.7. The second-order valence-corrected chi connectivity index (χ2v) is 21.7. The van der Waals surface area contributed by atoms with Crippen LogP contribution in [0.5, 0.6) is 0 Å². The van der Waals surface area contributed by atoms with Crippen LogP contribution in [0.1, 0.15) is 78.6 Å². The maximum absolute atomic E-state index is 13.7. The number of rotatable bonds is 45. The van der Waals surface area contributed by atoms with Gasteiger partial charge in [0.1, 0.15) is 78.8 Å². The first kappa shape index (κ1) is 78.4. The summed E-state index contributed by atoms with van der Waals surface area (Å²) in [6.07, 6.45) is -12.1. The Morgan fingerprint density at radius 2 is 1.04 bits per heavy atom. The second kappa shape index (κ2) is 43.9. The zero-order valence-corrected chi connectivity index (χ0v) is 51.2. The van der Waals surface area contributed by atoms with Gasteiger partial charge in [-0.05, 0) is 32.6 Å². The predicted octanol–water partition coefficient (Wildman–Crippen LogP) is -8.29. The third-order valence-corrected chi connectivity index (χ3v) is 14.7. The van der Waals surface area contributed by atoms with Crippen LogP contribution < -0.4 is 42.5 Å². The molecule has 0 radical (unpaired) electrons. The highest BCUT2D eigenvalue weighted by atomic mass is 16.7. The molecule has 89 heavy (non-hydrogen) atoms. The van der Waals surface area contributed by atoms with Gasteiger partial charge in [0.15, 0.2) is 12.6 Å². The zero-order valence-electron chi connectivity index (χ0n) is 51.2. The summed E-state index contributed by atoms with van der Waals surface area (Å²) in [5.74, 6) is -4.54. The minimum Gasteiger partial charge on any atom is -0.394 e. The summed E-state index contributed by atoms with van der Waals surface area (Å²) in [5.41, 5.74) is 0. The first-order valence-corrected chi connectivity index (χ1v) is 30.0. The predicted molar refractivity (Wildman–Crippen MR) is 306 cm³/mol. The lowest BCUT2D eigenvalue weighted by Gasteiger charge is -2.42. The monoisotopic (exact) mass is 1290 g/mol. The molecular formula is C55H98N8O26. The number of Topliss-reactive ketones (excluding diaryl/α,β-unsaturated/α-hetero) is 1. The lowest BCUT2D eigenvalue weighted by molar-refractivity contribution is -0.272. The molecule has 0 aromatic carbocycles. The van der Waals surface area contributed by atoms with E-state index in [-0.39, 0.29) is 136 Å². The molecule has 3 aliphatic rings. The van der Waals surface area contributed by atoms with Crippen molar-refractivity contribution in [2.45, 2.75) is 176 Å². The van der Waals surface area contributed by atoms with Crippen molar-refractivity contribution in [2.24, 2.45) is 5.92 Å². The fraction of sp³-hybridized carbons (Fsp3) is 0.855. The molecule has 1 aliphatic carbocycles. The normalized spacial score (nSPS) is 25.0. The molecule has 0 bridgehead atoms. The van der Waals surface area contributed by atoms with Crippen molar-refractivity contribution >= 4 is 47.1 Å². The number of aliphatic hydroxyl groups excluding tert-OH is 9. The number of nitrogens with one attached hydrogen (secondary N) is 8. The van der Waals surface area contributed by atoms with Crippen molar-refractivity contribution in [1.29, 1.82) is 0 Å². The SMILES string of the molecule is COC(CO)C(O)C(O)C(COCCOCCNC(=O)C(CCC(=O)NCCOCCOC1OC(CO)C(O)C(O)[C@@H]1NCC(C)=O)NC(=O)CCC(NC(=O)C1CCCCC1)C(=O)NCCOCCOC1OC(CO)[C@@H](O)C(O)C1NC(C)=O)NC(C)=O. The summed E-state index contributed by atoms with van der Waals surface area (Å²) in [5, 5.41) is 112. The average Bonchev–Trinajstić information content (AvgIpc) is 2.68. The number of carbonyl (C=O) groups excluding carboxylic acids is 8. The summed E-state index contributed by atoms with van der Waals surface area (Å²) in [4.78, 5) is 103. The van der Waals surface area contributed by atoms with Gasteiger partial charge in [-0.25, -0.2) is 0 Å². The molecule has 14 unspecified atom stereocenters. The number of methoxy groups -OCH3 is 1. The Morgan fingerprint density at radius 3 is 1.55 bits per heavy atom. The van der Waals surface area contributed by atoms with Gasteiger partial charge in [-0.3, -0.25) is 38.4 Å². The molecule has 514 valence electrons. The van der Waals surface area contributed by atoms with E-state index in [1.54, 1.807) is 0 Å². The molecule has 3 rings (SSSR count). The first-order valence-electron chi connectivity index (χ1n) is 30.0. The van der Waals surface area contributed by atoms with Gasteiger partial charge in [-0.15, -0.1) is 0 Å². The Kier molecular flexibility index (Phi) is 38.7. The first-order chi connectivity index (χ1) is 42.6. The number of hydrogen-bond donors (Lipinski definition) is 17. The van der Waals surface area contributed by atoms with Crippen LogP contribution >= 0.6 is 0 Å². The van der Waals surface area contributed by atoms with Crippen molar-refractivity contribution in [1.82, 2.24) is 42.5 Å². The average molecular weight is 1290 g/mol. The fourth-order valence-corrected chi connectivity index (χ4v) is 9.76. The Bertz CT molecular complexity index is 2100. The summed E-state index contributed by atoms with van der Waals surface area (Å²) < 4.78 is 49.7. The molecule has 0 spiro atoms. The summed E-state index contributed by atoms with van der Waals surface area (Å²) in [6, 6.07) is -5.75. The van der Waals surface area contributed by atoms with Gasteiger partial charge >= 0.3 is 0 Å². The Balaban J connectivity index is 1.59. The van der Waals surface area contributed by atoms with Gasteiger partial charge in [-0.2, -0.15) is 0 Å². The quantitative estimate of drug-likeness (QED) is 0.0252. The number of amides is 7. The van der Waals surface area contributed by atoms with Crippen LogP contribution in [-0.2, 0) is 81.0 Å². The third-order valence-electron chi connectivity index (χ3n) is 14.7. The van der Waals surface area contributed by atoms with Crippen LogP contribution in [0.25, 0.3) is 0 Å². The standard InChI is InChI=1S/C55H98N8O26/c1-31(67)26-59-43-49(76)47(74)39(28-65)88-54(43)86-24-22-83-17-14-56-41(70)12-10-35(52(79)57-15-18-82-20-21-85-30-37(60-32(2)68)45(72)46(73)38(27-64)81-4)62-42(71)13-11-36(63-51(78)34-8-6-5-7-9-34)53(80)58-16-19-84-23-25-87-55-44(61-33(3)69)50(77)48(75)40(29-66)89-55/h34-40,43-50,54-55,59,64-66,72-77H,5-30H2,1-4H3,(H,56,70)(H,57,79)(H,58,80)(H,60,68)(H,61,69)(H,62,71)(H,63,78)/t35?,36?,37?,38?,39?,40?,43-,44?,45?,46?,47?,48+,49?,50?,54?,55?/m0/s1. The van der Waals surface area contributed by atoms with Gasteiger partial charge in [0.05, 0.1) is 105 Å². The molecule has 7 amide bonds. The number of hydrogen-bond acceptors (Lipinski definition) is 27. The Morgan fingerprint density at radius 1 is 0.551 bits per heavy atom. The molecule has 2 heterocycles. The molecule has 34 nitrogen and oxygen atoms in total. The molecule has 2 saturated heterocycles. The summed E-state index contributed by atoms with van der Waals surface area (Å²) >= 11 is 0. The molecule has 2 aliphatic heterocycles. The molecule has 34 heteroatoms. The van der Waals surface area contributed by atoms with E-state index >= 15 is 0 Å². The van der Waals surface area contributed by atoms with Crippen molar-refractivity contribution < 1.29 is 127 Å². The minimum atomic E-state index is -1.57. The second-order valence-electron chi connectivity index (χ2n) is 21.7. The van der Waals surface area contributed by atoms with Crippen molar-refractivity contribution in [3.8, 4) is 0 Å². The number of carbonyl (C=O) groups is 8. The van der Waals surface area contributed by atoms with E-state index in [1.807, 2.05) is 0 Å². The van der Waals surface area contributed by atoms with Crippen LogP contribution in [-0.4, -0.2) is 310 Å². The van der Waals surface area contributed by atoms with Gasteiger partial charge in [0.25, 0.3) is 0 Å². The topological polar surface area (TPSA) is 498 Å². The van der Waals surface area contributed by atoms with Gasteiger partial charge in [-0.1, -0.05) is 19.3 Å². The van der Waals surface area contributed by atoms with Crippen LogP contribution in [0, 0.1) is 5.92 Å². The van der Waals surface area contributed by atoms with Gasteiger partial charge in [0, 0.05) is 59.4 Å². The summed E-state index contributed by atoms with van der Waals surface area (Å²) in [6.45, 7) is 0.881. The lowest BCUT2D eigenvalue weighted by Crippen LogP contribution is -2.64. The van der Waals surface area contributed by atoms with Crippen LogP contribution in [0.4, 0.5) is 0 Å². The van der Waals surface area contributed by atoms with E-state index in [1.165, 1.54) is 27.9 Å². The van der Waals surface area contributed by atoms with E-state index in [0.717, 1.165) is 19.3 Å². The van der Waals surface area contributed by atoms with Crippen LogP contribution in [0.3, 0.4) is 0 Å². The fourth-order valence-electron chi connectivity index (χ4n) is 9.76. The molecule has 1 saturated carbocycles. The smallest absolute Gasteiger partial charge is 0.242 e. The largest absolute Gasteiger partial charge is 0.394 e. The molecule has 3 fully saturated rings. The van der Waals surface area contributed by atoms with E-state index in [4.69, 9.17) is 42.6 Å². The maximum Gasteiger partial charge on any atom is 0.242 e. The van der Waals surface area contributed by atoms with Crippen molar-refractivity contribution in [3.05, 3.63) is 0 Å². The van der Waals surface area contributed by atoms with E-state index < -0.39 is 153 Å². The molecule has 17 N–H and O–H groups in total. The van der Waals surface area contributed by atoms with Gasteiger partial charge < -0.3 is 131 Å². The number of ether oxygens (including phenoxy) is 9. The Hall–Kier alpha value is -4.80. The van der Waals surface area contributed by atoms with Gasteiger partial charge in [0.2, 0.25) is 41.4 Å².